The van der Waals surface area contributed by atoms with E-state index in [2.05, 4.69) is 0 Å². The quantitative estimate of drug-likeness (QED) is 0.273. The molecule has 6 heteroatoms. The van der Waals surface area contributed by atoms with Crippen molar-refractivity contribution < 1.29 is 14.1 Å². The van der Waals surface area contributed by atoms with Crippen molar-refractivity contribution in [2.75, 3.05) is 0 Å². The highest BCUT2D eigenvalue weighted by Crippen LogP contribution is 2.26. The molecule has 0 saturated carbocycles. The lowest BCUT2D eigenvalue weighted by Gasteiger charge is -2.00. The van der Waals surface area contributed by atoms with Crippen molar-refractivity contribution in [3.05, 3.63) is 87.7 Å². The molecule has 3 rings (SSSR count). The number of non-ortho nitro benzene ring substituents is 1. The third kappa shape index (κ3) is 3.99. The number of benzene rings is 2. The van der Waals surface area contributed by atoms with E-state index >= 15 is 0 Å². The molecule has 0 fully saturated rings. The highest BCUT2D eigenvalue weighted by Gasteiger charge is 2.10. The van der Waals surface area contributed by atoms with Crippen LogP contribution in [0.1, 0.15) is 28.6 Å². The molecule has 3 aromatic rings. The second kappa shape index (κ2) is 7.50. The number of hydrogen-bond donors (Lipinski definition) is 0. The molecule has 0 atom stereocenters. The van der Waals surface area contributed by atoms with Gasteiger partial charge < -0.3 is 4.42 Å². The van der Waals surface area contributed by atoms with Crippen LogP contribution in [-0.2, 0) is 0 Å². The lowest BCUT2D eigenvalue weighted by atomic mass is 10.1. The van der Waals surface area contributed by atoms with E-state index in [0.29, 0.717) is 22.6 Å². The number of allylic oxidation sites excluding steroid dienone is 1. The first-order chi connectivity index (χ1) is 13.0. The summed E-state index contributed by atoms with van der Waals surface area (Å²) in [5, 5.41) is 20.3. The standard InChI is InChI=1S/C21H14N2O4/c1-14(24)15-5-7-16(8-6-15)21-10-9-20(27-21)12-18(13-22)17-3-2-4-19(11-17)23(25)26/h2-12H,1H3. The number of nitrogens with zero attached hydrogens (tertiary/aromatic N) is 2. The largest absolute Gasteiger partial charge is 0.457 e. The molecule has 27 heavy (non-hydrogen) atoms. The van der Waals surface area contributed by atoms with Gasteiger partial charge in [0.2, 0.25) is 0 Å². The van der Waals surface area contributed by atoms with E-state index in [4.69, 9.17) is 4.42 Å². The number of carbonyl (C=O) groups is 1. The molecule has 132 valence electrons. The Morgan fingerprint density at radius 3 is 2.48 bits per heavy atom. The van der Waals surface area contributed by atoms with E-state index < -0.39 is 4.92 Å². The van der Waals surface area contributed by atoms with E-state index in [-0.39, 0.29) is 17.0 Å². The molecule has 0 unspecified atom stereocenters. The lowest BCUT2D eigenvalue weighted by Crippen LogP contribution is -1.90. The first kappa shape index (κ1) is 17.8. The Morgan fingerprint density at radius 2 is 1.85 bits per heavy atom. The molecule has 0 saturated heterocycles. The Morgan fingerprint density at radius 1 is 1.11 bits per heavy atom. The van der Waals surface area contributed by atoms with Crippen molar-refractivity contribution in [1.82, 2.24) is 0 Å². The summed E-state index contributed by atoms with van der Waals surface area (Å²) >= 11 is 0. The van der Waals surface area contributed by atoms with E-state index in [1.54, 1.807) is 42.5 Å². The summed E-state index contributed by atoms with van der Waals surface area (Å²) in [5.41, 5.74) is 2.03. The van der Waals surface area contributed by atoms with Crippen LogP contribution in [0.2, 0.25) is 0 Å². The normalized spacial score (nSPS) is 11.0. The SMILES string of the molecule is CC(=O)c1ccc(-c2ccc(C=C(C#N)c3cccc([N+](=O)[O-])c3)o2)cc1. The van der Waals surface area contributed by atoms with Crippen LogP contribution in [0, 0.1) is 21.4 Å². The van der Waals surface area contributed by atoms with Gasteiger partial charge in [0.05, 0.1) is 16.6 Å². The fourth-order valence-electron chi connectivity index (χ4n) is 2.56. The Kier molecular flexibility index (Phi) is 4.95. The van der Waals surface area contributed by atoms with Crippen LogP contribution in [0.25, 0.3) is 23.0 Å². The van der Waals surface area contributed by atoms with Gasteiger partial charge in [-0.2, -0.15) is 5.26 Å². The monoisotopic (exact) mass is 358 g/mol. The highest BCUT2D eigenvalue weighted by molar-refractivity contribution is 5.94. The number of nitriles is 1. The Hall–Kier alpha value is -3.98. The number of furan rings is 1. The summed E-state index contributed by atoms with van der Waals surface area (Å²) < 4.78 is 5.76. The van der Waals surface area contributed by atoms with Gasteiger partial charge in [0.1, 0.15) is 11.5 Å². The molecule has 0 aliphatic rings. The molecule has 1 heterocycles. The first-order valence-corrected chi connectivity index (χ1v) is 8.06. The molecule has 1 aromatic heterocycles. The van der Waals surface area contributed by atoms with Gasteiger partial charge in [0, 0.05) is 23.3 Å². The van der Waals surface area contributed by atoms with Crippen molar-refractivity contribution in [3.63, 3.8) is 0 Å². The smallest absolute Gasteiger partial charge is 0.270 e. The maximum atomic E-state index is 11.3. The van der Waals surface area contributed by atoms with Crippen LogP contribution in [0.15, 0.2) is 65.1 Å². The van der Waals surface area contributed by atoms with Crippen LogP contribution in [0.4, 0.5) is 5.69 Å². The maximum Gasteiger partial charge on any atom is 0.270 e. The summed E-state index contributed by atoms with van der Waals surface area (Å²) in [6, 6.07) is 18.4. The Bertz CT molecular complexity index is 1090. The number of nitro groups is 1. The van der Waals surface area contributed by atoms with Crippen LogP contribution < -0.4 is 0 Å². The third-order valence-corrected chi connectivity index (χ3v) is 3.98. The highest BCUT2D eigenvalue weighted by atomic mass is 16.6. The molecule has 6 nitrogen and oxygen atoms in total. The molecule has 0 bridgehead atoms. The summed E-state index contributed by atoms with van der Waals surface area (Å²) in [6.45, 7) is 1.50. The maximum absolute atomic E-state index is 11.3. The van der Waals surface area contributed by atoms with Crippen LogP contribution >= 0.6 is 0 Å². The summed E-state index contributed by atoms with van der Waals surface area (Å²) in [4.78, 5) is 21.8. The van der Waals surface area contributed by atoms with Gasteiger partial charge in [-0.1, -0.05) is 36.4 Å². The second-order valence-corrected chi connectivity index (χ2v) is 5.81. The minimum absolute atomic E-state index is 0.0137. The predicted molar refractivity (Wildman–Crippen MR) is 101 cm³/mol. The number of hydrogen-bond acceptors (Lipinski definition) is 5. The van der Waals surface area contributed by atoms with E-state index in [9.17, 15) is 20.2 Å². The van der Waals surface area contributed by atoms with Crippen LogP contribution in [-0.4, -0.2) is 10.7 Å². The fourth-order valence-corrected chi connectivity index (χ4v) is 2.56. The second-order valence-electron chi connectivity index (χ2n) is 5.81. The molecular weight excluding hydrogens is 344 g/mol. The van der Waals surface area contributed by atoms with Crippen molar-refractivity contribution >= 4 is 23.1 Å². The van der Waals surface area contributed by atoms with Crippen LogP contribution in [0.3, 0.4) is 0 Å². The number of ketones is 1. The molecule has 0 radical (unpaired) electrons. The number of nitro benzene ring substituents is 1. The fraction of sp³-hybridized carbons (Fsp3) is 0.0476. The minimum atomic E-state index is -0.506. The summed E-state index contributed by atoms with van der Waals surface area (Å²) in [6.07, 6.45) is 1.53. The molecule has 0 aliphatic heterocycles. The van der Waals surface area contributed by atoms with E-state index in [1.165, 1.54) is 31.2 Å². The van der Waals surface area contributed by atoms with Crippen molar-refractivity contribution in [2.24, 2.45) is 0 Å². The van der Waals surface area contributed by atoms with Gasteiger partial charge in [-0.3, -0.25) is 14.9 Å². The van der Waals surface area contributed by atoms with Gasteiger partial charge in [-0.15, -0.1) is 0 Å². The number of Topliss-reactive ketones (excluding diaryl/α,β-unsaturated/α-hetero) is 1. The Balaban J connectivity index is 1.91. The van der Waals surface area contributed by atoms with Crippen molar-refractivity contribution in [3.8, 4) is 17.4 Å². The molecule has 0 spiro atoms. The van der Waals surface area contributed by atoms with Crippen LogP contribution in [0.5, 0.6) is 0 Å². The van der Waals surface area contributed by atoms with Gasteiger partial charge in [0.15, 0.2) is 5.78 Å². The number of rotatable bonds is 5. The Labute approximate surface area is 155 Å². The predicted octanol–water partition coefficient (Wildman–Crippen LogP) is 5.12. The molecule has 2 aromatic carbocycles. The first-order valence-electron chi connectivity index (χ1n) is 8.06. The molecule has 0 N–H and O–H groups in total. The zero-order chi connectivity index (χ0) is 19.4. The third-order valence-electron chi connectivity index (χ3n) is 3.98. The topological polar surface area (TPSA) is 97.1 Å². The lowest BCUT2D eigenvalue weighted by molar-refractivity contribution is -0.384. The van der Waals surface area contributed by atoms with E-state index in [1.807, 2.05) is 6.07 Å². The average Bonchev–Trinajstić information content (AvgIpc) is 3.15. The van der Waals surface area contributed by atoms with Gasteiger partial charge in [0.25, 0.3) is 5.69 Å². The van der Waals surface area contributed by atoms with Gasteiger partial charge in [-0.25, -0.2) is 0 Å². The van der Waals surface area contributed by atoms with Crippen molar-refractivity contribution in [2.45, 2.75) is 6.92 Å². The number of carbonyl (C=O) groups excluding carboxylic acids is 1. The van der Waals surface area contributed by atoms with Crippen molar-refractivity contribution in [1.29, 1.82) is 5.26 Å². The minimum Gasteiger partial charge on any atom is -0.457 e. The zero-order valence-corrected chi connectivity index (χ0v) is 14.4. The van der Waals surface area contributed by atoms with E-state index in [0.717, 1.165) is 5.56 Å². The summed E-state index contributed by atoms with van der Waals surface area (Å²) in [5.74, 6) is 1.02. The van der Waals surface area contributed by atoms with Gasteiger partial charge in [-0.05, 0) is 30.7 Å². The summed E-state index contributed by atoms with van der Waals surface area (Å²) in [7, 11) is 0. The zero-order valence-electron chi connectivity index (χ0n) is 14.4. The van der Waals surface area contributed by atoms with Gasteiger partial charge >= 0.3 is 0 Å². The average molecular weight is 358 g/mol. The molecule has 0 amide bonds. The molecule has 0 aliphatic carbocycles. The molecular formula is C21H14N2O4.